The Labute approximate surface area is 309 Å². The highest BCUT2D eigenvalue weighted by atomic mass is 17.2. The van der Waals surface area contributed by atoms with E-state index >= 15 is 0 Å². The molecule has 0 radical (unpaired) electrons. The number of rotatable bonds is 22. The van der Waals surface area contributed by atoms with Crippen molar-refractivity contribution in [3.63, 3.8) is 0 Å². The van der Waals surface area contributed by atoms with Crippen LogP contribution in [0.15, 0.2) is 109 Å². The normalized spacial score (nSPS) is 10.9. The second-order valence-electron chi connectivity index (χ2n) is 11.5. The lowest BCUT2D eigenvalue weighted by atomic mass is 10.2. The van der Waals surface area contributed by atoms with Crippen molar-refractivity contribution >= 4 is 30.1 Å². The molecule has 0 amide bonds. The largest absolute Gasteiger partial charge is 0.494 e. The van der Waals surface area contributed by atoms with Gasteiger partial charge in [0.05, 0.1) is 46.2 Å². The van der Waals surface area contributed by atoms with Gasteiger partial charge in [-0.25, -0.2) is 14.4 Å². The lowest BCUT2D eigenvalue weighted by Crippen LogP contribution is -2.07. The van der Waals surface area contributed by atoms with Crippen molar-refractivity contribution in [3.05, 3.63) is 131 Å². The van der Waals surface area contributed by atoms with E-state index in [0.29, 0.717) is 49.1 Å². The third-order valence-corrected chi connectivity index (χ3v) is 7.45. The molecule has 0 saturated carbocycles. The van der Waals surface area contributed by atoms with Crippen LogP contribution in [-0.4, -0.2) is 58.6 Å². The average Bonchev–Trinajstić information content (AvgIpc) is 3.19. The molecule has 0 fully saturated rings. The van der Waals surface area contributed by atoms with Gasteiger partial charge >= 0.3 is 17.9 Å². The molecule has 53 heavy (non-hydrogen) atoms. The van der Waals surface area contributed by atoms with Crippen LogP contribution in [0.3, 0.4) is 0 Å². The Balaban J connectivity index is 1.21. The fourth-order valence-corrected chi connectivity index (χ4v) is 4.64. The van der Waals surface area contributed by atoms with Gasteiger partial charge in [-0.2, -0.15) is 4.89 Å². The third kappa shape index (κ3) is 15.4. The zero-order chi connectivity index (χ0) is 37.5. The number of methoxy groups -OCH3 is 2. The third-order valence-electron chi connectivity index (χ3n) is 7.45. The predicted octanol–water partition coefficient (Wildman–Crippen LogP) is 7.82. The van der Waals surface area contributed by atoms with E-state index in [1.165, 1.54) is 26.4 Å². The molecular weight excluding hydrogens is 680 g/mol. The van der Waals surface area contributed by atoms with E-state index < -0.39 is 17.9 Å². The summed E-state index contributed by atoms with van der Waals surface area (Å²) < 4.78 is 33.0. The fraction of sp³-hybridized carbons (Fsp3) is 0.262. The van der Waals surface area contributed by atoms with Gasteiger partial charge in [-0.15, -0.1) is 0 Å². The summed E-state index contributed by atoms with van der Waals surface area (Å²) in [5.74, 6) is 1.25. The van der Waals surface area contributed by atoms with Gasteiger partial charge in [0, 0.05) is 18.2 Å². The molecule has 4 rings (SSSR count). The minimum absolute atomic E-state index is 0.00234. The standard InChI is InChI=1S/C42H44O11/c1-46-40(43)22-16-32-12-18-36(19-13-32)48-24-6-8-26-50-38-28-34(31-52-53-42(45)35-10-4-3-5-11-35)29-39(30-38)51-27-9-7-25-49-37-20-14-33(15-21-37)17-23-41(44)47-2/h3-5,10-23,28-30H,6-9,24-27,31H2,1-2H3/b22-16+,23-17+. The zero-order valence-electron chi connectivity index (χ0n) is 29.9. The number of ether oxygens (including phenoxy) is 6. The zero-order valence-corrected chi connectivity index (χ0v) is 29.9. The van der Waals surface area contributed by atoms with E-state index in [1.807, 2.05) is 72.8 Å². The summed E-state index contributed by atoms with van der Waals surface area (Å²) in [5.41, 5.74) is 2.82. The molecule has 4 aromatic rings. The molecule has 0 aliphatic heterocycles. The molecule has 0 aromatic heterocycles. The van der Waals surface area contributed by atoms with Crippen LogP contribution in [0, 0.1) is 0 Å². The minimum atomic E-state index is -0.586. The Kier molecular flexibility index (Phi) is 17.0. The molecule has 0 aliphatic rings. The van der Waals surface area contributed by atoms with Crippen LogP contribution in [0.4, 0.5) is 0 Å². The summed E-state index contributed by atoms with van der Waals surface area (Å²) in [4.78, 5) is 45.1. The first kappa shape index (κ1) is 39.7. The van der Waals surface area contributed by atoms with Crippen LogP contribution in [0.25, 0.3) is 12.2 Å². The minimum Gasteiger partial charge on any atom is -0.494 e. The van der Waals surface area contributed by atoms with Crippen LogP contribution in [-0.2, 0) is 35.4 Å². The first-order valence-corrected chi connectivity index (χ1v) is 17.2. The topological polar surface area (TPSA) is 125 Å². The fourth-order valence-electron chi connectivity index (χ4n) is 4.64. The molecule has 278 valence electrons. The summed E-state index contributed by atoms with van der Waals surface area (Å²) in [7, 11) is 2.67. The van der Waals surface area contributed by atoms with E-state index in [9.17, 15) is 14.4 Å². The summed E-state index contributed by atoms with van der Waals surface area (Å²) in [6, 6.07) is 28.9. The van der Waals surface area contributed by atoms with Crippen molar-refractivity contribution in [2.45, 2.75) is 32.3 Å². The molecule has 11 heteroatoms. The van der Waals surface area contributed by atoms with E-state index in [0.717, 1.165) is 48.3 Å². The summed E-state index contributed by atoms with van der Waals surface area (Å²) >= 11 is 0. The number of unbranched alkanes of at least 4 members (excludes halogenated alkanes) is 2. The van der Waals surface area contributed by atoms with Crippen LogP contribution in [0.2, 0.25) is 0 Å². The molecular formula is C42H44O11. The molecule has 11 nitrogen and oxygen atoms in total. The van der Waals surface area contributed by atoms with Gasteiger partial charge < -0.3 is 28.4 Å². The van der Waals surface area contributed by atoms with Crippen molar-refractivity contribution < 1.29 is 52.6 Å². The lowest BCUT2D eigenvalue weighted by molar-refractivity contribution is -0.250. The van der Waals surface area contributed by atoms with Gasteiger partial charge in [-0.3, -0.25) is 4.89 Å². The lowest BCUT2D eigenvalue weighted by Gasteiger charge is -2.13. The Morgan fingerprint density at radius 3 is 1.40 bits per heavy atom. The van der Waals surface area contributed by atoms with E-state index in [-0.39, 0.29) is 6.61 Å². The van der Waals surface area contributed by atoms with Gasteiger partial charge in [0.15, 0.2) is 0 Å². The molecule has 0 heterocycles. The van der Waals surface area contributed by atoms with Crippen LogP contribution in [0.1, 0.15) is 52.7 Å². The van der Waals surface area contributed by atoms with E-state index in [4.69, 9.17) is 28.7 Å². The molecule has 0 atom stereocenters. The molecule has 0 bridgehead atoms. The molecule has 4 aromatic carbocycles. The van der Waals surface area contributed by atoms with Crippen molar-refractivity contribution in [1.29, 1.82) is 0 Å². The number of carbonyl (C=O) groups is 3. The van der Waals surface area contributed by atoms with Crippen molar-refractivity contribution in [2.75, 3.05) is 40.6 Å². The van der Waals surface area contributed by atoms with Crippen LogP contribution >= 0.6 is 0 Å². The van der Waals surface area contributed by atoms with Gasteiger partial charge in [0.1, 0.15) is 29.6 Å². The molecule has 0 N–H and O–H groups in total. The number of hydrogen-bond acceptors (Lipinski definition) is 11. The number of benzene rings is 4. The van der Waals surface area contributed by atoms with Crippen molar-refractivity contribution in [1.82, 2.24) is 0 Å². The Bertz CT molecular complexity index is 1670. The number of carbonyl (C=O) groups excluding carboxylic acids is 3. The average molecular weight is 725 g/mol. The summed E-state index contributed by atoms with van der Waals surface area (Å²) in [5, 5.41) is 0. The highest BCUT2D eigenvalue weighted by molar-refractivity contribution is 5.89. The molecule has 0 aliphatic carbocycles. The first-order chi connectivity index (χ1) is 25.9. The number of hydrogen-bond donors (Lipinski definition) is 0. The Morgan fingerprint density at radius 1 is 0.528 bits per heavy atom. The molecule has 0 unspecified atom stereocenters. The maximum atomic E-state index is 12.3. The van der Waals surface area contributed by atoms with Gasteiger partial charge in [-0.1, -0.05) is 42.5 Å². The summed E-state index contributed by atoms with van der Waals surface area (Å²) in [6.07, 6.45) is 9.12. The van der Waals surface area contributed by atoms with E-state index in [2.05, 4.69) is 9.47 Å². The Morgan fingerprint density at radius 2 is 0.962 bits per heavy atom. The smallest absolute Gasteiger partial charge is 0.373 e. The van der Waals surface area contributed by atoms with Gasteiger partial charge in [0.2, 0.25) is 0 Å². The first-order valence-electron chi connectivity index (χ1n) is 17.2. The highest BCUT2D eigenvalue weighted by Gasteiger charge is 2.10. The van der Waals surface area contributed by atoms with Gasteiger partial charge in [0.25, 0.3) is 0 Å². The predicted molar refractivity (Wildman–Crippen MR) is 199 cm³/mol. The van der Waals surface area contributed by atoms with Crippen molar-refractivity contribution in [3.8, 4) is 23.0 Å². The second kappa shape index (κ2) is 22.7. The van der Waals surface area contributed by atoms with Crippen molar-refractivity contribution in [2.24, 2.45) is 0 Å². The Hall–Kier alpha value is -6.07. The molecule has 0 saturated heterocycles. The van der Waals surface area contributed by atoms with E-state index in [1.54, 1.807) is 36.4 Å². The quantitative estimate of drug-likeness (QED) is 0.0259. The SMILES string of the molecule is COC(=O)/C=C/c1ccc(OCCCCOc2cc(COOC(=O)c3ccccc3)cc(OCCCCOc3ccc(/C=C/C(=O)OC)cc3)c2)cc1. The number of esters is 2. The summed E-state index contributed by atoms with van der Waals surface area (Å²) in [6.45, 7) is 1.93. The maximum Gasteiger partial charge on any atom is 0.373 e. The second-order valence-corrected chi connectivity index (χ2v) is 11.5. The van der Waals surface area contributed by atoms with Gasteiger partial charge in [-0.05, 0) is 103 Å². The molecule has 0 spiro atoms. The monoisotopic (exact) mass is 724 g/mol. The van der Waals surface area contributed by atoms with Crippen LogP contribution < -0.4 is 18.9 Å². The highest BCUT2D eigenvalue weighted by Crippen LogP contribution is 2.25. The van der Waals surface area contributed by atoms with Crippen LogP contribution in [0.5, 0.6) is 23.0 Å². The maximum absolute atomic E-state index is 12.3.